The van der Waals surface area contributed by atoms with Gasteiger partial charge in [0.15, 0.2) is 0 Å². The maximum atomic E-state index is 13.0. The van der Waals surface area contributed by atoms with Crippen LogP contribution in [0.5, 0.6) is 0 Å². The lowest BCUT2D eigenvalue weighted by Crippen LogP contribution is -2.33. The molecule has 1 saturated carbocycles. The first-order valence-corrected chi connectivity index (χ1v) is 10.1. The van der Waals surface area contributed by atoms with E-state index in [0.717, 1.165) is 43.6 Å². The van der Waals surface area contributed by atoms with Gasteiger partial charge in [0.2, 0.25) is 0 Å². The lowest BCUT2D eigenvalue weighted by Gasteiger charge is -2.40. The first-order chi connectivity index (χ1) is 13.8. The fourth-order valence-electron chi connectivity index (χ4n) is 4.84. The van der Waals surface area contributed by atoms with Crippen LogP contribution in [0.3, 0.4) is 0 Å². The third-order valence-corrected chi connectivity index (χ3v) is 6.51. The lowest BCUT2D eigenvalue weighted by atomic mass is 9.64. The van der Waals surface area contributed by atoms with Crippen LogP contribution in [0.2, 0.25) is 0 Å². The van der Waals surface area contributed by atoms with E-state index in [1.165, 1.54) is 24.3 Å². The van der Waals surface area contributed by atoms with Crippen molar-refractivity contribution in [2.45, 2.75) is 37.5 Å². The second-order valence-electron chi connectivity index (χ2n) is 8.36. The average molecular weight is 407 g/mol. The Morgan fingerprint density at radius 3 is 2.34 bits per heavy atom. The topological polar surface area (TPSA) is 23.5 Å². The van der Waals surface area contributed by atoms with Gasteiger partial charge in [-0.3, -0.25) is 0 Å². The highest BCUT2D eigenvalue weighted by atomic mass is 19.4. The minimum Gasteiger partial charge on any atom is -0.388 e. The van der Waals surface area contributed by atoms with Crippen molar-refractivity contribution in [1.82, 2.24) is 4.90 Å². The highest BCUT2D eigenvalue weighted by Crippen LogP contribution is 2.51. The Labute approximate surface area is 168 Å². The van der Waals surface area contributed by atoms with E-state index in [9.17, 15) is 22.7 Å². The van der Waals surface area contributed by atoms with E-state index in [-0.39, 0.29) is 5.82 Å². The molecule has 2 fully saturated rings. The van der Waals surface area contributed by atoms with E-state index in [1.807, 2.05) is 0 Å². The summed E-state index contributed by atoms with van der Waals surface area (Å²) in [6.07, 6.45) is -2.37. The van der Waals surface area contributed by atoms with Crippen LogP contribution < -0.4 is 0 Å². The molecule has 4 unspecified atom stereocenters. The normalized spacial score (nSPS) is 25.5. The van der Waals surface area contributed by atoms with Crippen LogP contribution in [0.15, 0.2) is 48.5 Å². The Kier molecular flexibility index (Phi) is 5.67. The fraction of sp³-hybridized carbons (Fsp3) is 0.478. The highest BCUT2D eigenvalue weighted by Gasteiger charge is 2.47. The van der Waals surface area contributed by atoms with Gasteiger partial charge in [-0.1, -0.05) is 24.3 Å². The maximum Gasteiger partial charge on any atom is 0.416 e. The third kappa shape index (κ3) is 4.48. The van der Waals surface area contributed by atoms with E-state index < -0.39 is 17.8 Å². The number of alkyl halides is 3. The van der Waals surface area contributed by atoms with Crippen molar-refractivity contribution in [3.63, 3.8) is 0 Å². The SMILES string of the molecule is OC(CCCN1CC2CC(c3ccc(C(F)(F)F)cc3)C2C1)c1ccc(F)cc1. The molecule has 1 aliphatic carbocycles. The first kappa shape index (κ1) is 20.4. The molecular weight excluding hydrogens is 382 g/mol. The van der Waals surface area contributed by atoms with Gasteiger partial charge in [0.1, 0.15) is 5.82 Å². The molecular formula is C23H25F4NO. The summed E-state index contributed by atoms with van der Waals surface area (Å²) in [5.74, 6) is 1.16. The van der Waals surface area contributed by atoms with Gasteiger partial charge < -0.3 is 10.0 Å². The average Bonchev–Trinajstić information content (AvgIpc) is 2.98. The summed E-state index contributed by atoms with van der Waals surface area (Å²) in [6.45, 7) is 2.88. The summed E-state index contributed by atoms with van der Waals surface area (Å²) in [4.78, 5) is 2.40. The van der Waals surface area contributed by atoms with Gasteiger partial charge in [0.05, 0.1) is 11.7 Å². The van der Waals surface area contributed by atoms with Crippen molar-refractivity contribution < 1.29 is 22.7 Å². The zero-order valence-corrected chi connectivity index (χ0v) is 16.1. The molecule has 156 valence electrons. The number of nitrogens with zero attached hydrogens (tertiary/aromatic N) is 1. The van der Waals surface area contributed by atoms with Gasteiger partial charge in [0, 0.05) is 13.1 Å². The molecule has 4 rings (SSSR count). The minimum atomic E-state index is -4.29. The zero-order chi connectivity index (χ0) is 20.6. The summed E-state index contributed by atoms with van der Waals surface area (Å²) in [6, 6.07) is 11.6. The molecule has 2 nitrogen and oxygen atoms in total. The van der Waals surface area contributed by atoms with Gasteiger partial charge >= 0.3 is 6.18 Å². The Balaban J connectivity index is 1.25. The highest BCUT2D eigenvalue weighted by molar-refractivity contribution is 5.30. The summed E-state index contributed by atoms with van der Waals surface area (Å²) < 4.78 is 51.2. The standard InChI is InChI=1S/C23H25F4NO/c24-19-9-5-16(6-10-19)22(29)2-1-11-28-13-17-12-20(21(17)14-28)15-3-7-18(8-4-15)23(25,26)27/h3-10,17,20-22,29H,1-2,11-14H2. The molecule has 1 N–H and O–H groups in total. The van der Waals surface area contributed by atoms with Crippen LogP contribution in [-0.4, -0.2) is 29.6 Å². The molecule has 0 amide bonds. The van der Waals surface area contributed by atoms with Crippen molar-refractivity contribution >= 4 is 0 Å². The number of rotatable bonds is 6. The molecule has 1 aliphatic heterocycles. The van der Waals surface area contributed by atoms with Gasteiger partial charge in [-0.15, -0.1) is 0 Å². The Bertz CT molecular complexity index is 818. The quantitative estimate of drug-likeness (QED) is 0.649. The van der Waals surface area contributed by atoms with Crippen molar-refractivity contribution in [2.75, 3.05) is 19.6 Å². The largest absolute Gasteiger partial charge is 0.416 e. The molecule has 1 saturated heterocycles. The van der Waals surface area contributed by atoms with Crippen LogP contribution in [-0.2, 0) is 6.18 Å². The number of aliphatic hydroxyl groups excluding tert-OH is 1. The Hall–Kier alpha value is -1.92. The van der Waals surface area contributed by atoms with E-state index >= 15 is 0 Å². The van der Waals surface area contributed by atoms with Crippen LogP contribution in [0, 0.1) is 17.7 Å². The Morgan fingerprint density at radius 1 is 1.00 bits per heavy atom. The van der Waals surface area contributed by atoms with Gasteiger partial charge in [-0.05, 0) is 79.0 Å². The van der Waals surface area contributed by atoms with Gasteiger partial charge in [0.25, 0.3) is 0 Å². The number of hydrogen-bond acceptors (Lipinski definition) is 2. The number of hydrogen-bond donors (Lipinski definition) is 1. The van der Waals surface area contributed by atoms with E-state index in [2.05, 4.69) is 4.90 Å². The molecule has 0 aromatic heterocycles. The lowest BCUT2D eigenvalue weighted by molar-refractivity contribution is -0.137. The van der Waals surface area contributed by atoms with Crippen LogP contribution >= 0.6 is 0 Å². The molecule has 2 aromatic rings. The molecule has 0 spiro atoms. The molecule has 4 atom stereocenters. The number of benzene rings is 2. The molecule has 6 heteroatoms. The fourth-order valence-corrected chi connectivity index (χ4v) is 4.84. The van der Waals surface area contributed by atoms with Gasteiger partial charge in [-0.2, -0.15) is 13.2 Å². The van der Waals surface area contributed by atoms with E-state index in [4.69, 9.17) is 0 Å². The van der Waals surface area contributed by atoms with Gasteiger partial charge in [-0.25, -0.2) is 4.39 Å². The molecule has 1 heterocycles. The summed E-state index contributed by atoms with van der Waals surface area (Å²) in [7, 11) is 0. The molecule has 2 aromatic carbocycles. The van der Waals surface area contributed by atoms with Crippen LogP contribution in [0.4, 0.5) is 17.6 Å². The Morgan fingerprint density at radius 2 is 1.69 bits per heavy atom. The molecule has 29 heavy (non-hydrogen) atoms. The number of halogens is 4. The summed E-state index contributed by atoms with van der Waals surface area (Å²) >= 11 is 0. The van der Waals surface area contributed by atoms with Crippen molar-refractivity contribution in [1.29, 1.82) is 0 Å². The third-order valence-electron chi connectivity index (χ3n) is 6.51. The second kappa shape index (κ2) is 8.07. The van der Waals surface area contributed by atoms with Crippen molar-refractivity contribution in [3.05, 3.63) is 71.0 Å². The first-order valence-electron chi connectivity index (χ1n) is 10.1. The number of likely N-dealkylation sites (tertiary alicyclic amines) is 1. The van der Waals surface area contributed by atoms with Crippen LogP contribution in [0.25, 0.3) is 0 Å². The predicted molar refractivity (Wildman–Crippen MR) is 103 cm³/mol. The van der Waals surface area contributed by atoms with Crippen LogP contribution in [0.1, 0.15) is 48.0 Å². The van der Waals surface area contributed by atoms with E-state index in [1.54, 1.807) is 24.3 Å². The monoisotopic (exact) mass is 407 g/mol. The summed E-state index contributed by atoms with van der Waals surface area (Å²) in [5.41, 5.74) is 1.15. The molecule has 0 radical (unpaired) electrons. The smallest absolute Gasteiger partial charge is 0.388 e. The number of fused-ring (bicyclic) bond motifs is 1. The van der Waals surface area contributed by atoms with Crippen molar-refractivity contribution in [2.24, 2.45) is 11.8 Å². The van der Waals surface area contributed by atoms with E-state index in [0.29, 0.717) is 24.2 Å². The number of aliphatic hydroxyl groups is 1. The second-order valence-corrected chi connectivity index (χ2v) is 8.36. The van der Waals surface area contributed by atoms with Crippen molar-refractivity contribution in [3.8, 4) is 0 Å². The molecule has 2 aliphatic rings. The minimum absolute atomic E-state index is 0.309. The maximum absolute atomic E-state index is 13.0. The molecule has 0 bridgehead atoms. The predicted octanol–water partition coefficient (Wildman–Crippen LogP) is 5.39. The zero-order valence-electron chi connectivity index (χ0n) is 16.1. The summed E-state index contributed by atoms with van der Waals surface area (Å²) in [5, 5.41) is 10.3.